The van der Waals surface area contributed by atoms with Gasteiger partial charge in [-0.3, -0.25) is 14.4 Å². The molecule has 6 nitrogen and oxygen atoms in total. The minimum Gasteiger partial charge on any atom is -0.462 e. The van der Waals surface area contributed by atoms with Crippen LogP contribution in [0.15, 0.2) is 134 Å². The average molecular weight is 1020 g/mol. The molecule has 0 fully saturated rings. The molecule has 0 aliphatic rings. The Labute approximate surface area is 455 Å². The van der Waals surface area contributed by atoms with E-state index < -0.39 is 6.10 Å². The van der Waals surface area contributed by atoms with Crippen molar-refractivity contribution in [2.75, 3.05) is 13.2 Å². The van der Waals surface area contributed by atoms with Gasteiger partial charge in [0.05, 0.1) is 0 Å². The zero-order valence-corrected chi connectivity index (χ0v) is 47.8. The SMILES string of the molecule is CC/C=C\C/C=C\C/C=C\C/C=C\C/C=C\C/C=C\CCCCC(=O)OCC(COC(=O)CCC/C=C\C/C=C\C/C=C\C/C=C\C/C=C\CC)OC(=O)CCCCCCCCCCCCCCCCCCCC. The van der Waals surface area contributed by atoms with E-state index in [1.807, 2.05) is 0 Å². The molecule has 74 heavy (non-hydrogen) atoms. The lowest BCUT2D eigenvalue weighted by atomic mass is 10.0. The first-order valence-electron chi connectivity index (χ1n) is 30.2. The van der Waals surface area contributed by atoms with Crippen LogP contribution in [0.25, 0.3) is 0 Å². The normalized spacial score (nSPS) is 13.1. The number of hydrogen-bond donors (Lipinski definition) is 0. The topological polar surface area (TPSA) is 78.9 Å². The van der Waals surface area contributed by atoms with Gasteiger partial charge in [0.15, 0.2) is 6.10 Å². The maximum absolute atomic E-state index is 12.9. The van der Waals surface area contributed by atoms with Gasteiger partial charge in [-0.05, 0) is 109 Å². The number of rotatable bonds is 53. The fourth-order valence-corrected chi connectivity index (χ4v) is 7.95. The van der Waals surface area contributed by atoms with E-state index in [2.05, 4.69) is 154 Å². The smallest absolute Gasteiger partial charge is 0.306 e. The molecule has 0 aromatic carbocycles. The lowest BCUT2D eigenvalue weighted by molar-refractivity contribution is -0.167. The summed E-state index contributed by atoms with van der Waals surface area (Å²) in [6, 6.07) is 0. The van der Waals surface area contributed by atoms with Crippen molar-refractivity contribution in [2.24, 2.45) is 0 Å². The van der Waals surface area contributed by atoms with Crippen molar-refractivity contribution in [3.05, 3.63) is 134 Å². The largest absolute Gasteiger partial charge is 0.462 e. The van der Waals surface area contributed by atoms with Crippen molar-refractivity contribution in [2.45, 2.75) is 264 Å². The molecule has 418 valence electrons. The maximum atomic E-state index is 12.9. The van der Waals surface area contributed by atoms with E-state index in [-0.39, 0.29) is 44.0 Å². The molecule has 0 aliphatic heterocycles. The maximum Gasteiger partial charge on any atom is 0.306 e. The van der Waals surface area contributed by atoms with Crippen LogP contribution >= 0.6 is 0 Å². The highest BCUT2D eigenvalue weighted by Crippen LogP contribution is 2.16. The second kappa shape index (κ2) is 61.1. The Balaban J connectivity index is 4.55. The Bertz CT molecular complexity index is 1600. The average Bonchev–Trinajstić information content (AvgIpc) is 3.40. The van der Waals surface area contributed by atoms with Crippen molar-refractivity contribution in [1.29, 1.82) is 0 Å². The van der Waals surface area contributed by atoms with Gasteiger partial charge in [0.25, 0.3) is 0 Å². The Morgan fingerprint density at radius 2 is 0.541 bits per heavy atom. The quantitative estimate of drug-likeness (QED) is 0.0261. The van der Waals surface area contributed by atoms with E-state index >= 15 is 0 Å². The van der Waals surface area contributed by atoms with E-state index in [1.165, 1.54) is 96.3 Å². The first-order valence-corrected chi connectivity index (χ1v) is 30.2. The lowest BCUT2D eigenvalue weighted by Gasteiger charge is -2.18. The van der Waals surface area contributed by atoms with Gasteiger partial charge in [-0.1, -0.05) is 264 Å². The molecule has 1 unspecified atom stereocenters. The monoisotopic (exact) mass is 1020 g/mol. The summed E-state index contributed by atoms with van der Waals surface area (Å²) in [5.74, 6) is -1.02. The van der Waals surface area contributed by atoms with Crippen LogP contribution in [-0.2, 0) is 28.6 Å². The summed E-state index contributed by atoms with van der Waals surface area (Å²) in [7, 11) is 0. The number of carbonyl (C=O) groups excluding carboxylic acids is 3. The predicted molar refractivity (Wildman–Crippen MR) is 320 cm³/mol. The predicted octanol–water partition coefficient (Wildman–Crippen LogP) is 20.6. The highest BCUT2D eigenvalue weighted by molar-refractivity contribution is 5.71. The first-order chi connectivity index (χ1) is 36.5. The molecule has 0 radical (unpaired) electrons. The molecule has 0 saturated heterocycles. The van der Waals surface area contributed by atoms with Crippen LogP contribution in [0.4, 0.5) is 0 Å². The molecule has 0 N–H and O–H groups in total. The van der Waals surface area contributed by atoms with Crippen LogP contribution in [0.2, 0.25) is 0 Å². The zero-order chi connectivity index (χ0) is 53.6. The summed E-state index contributed by atoms with van der Waals surface area (Å²) in [6.07, 6.45) is 86.0. The van der Waals surface area contributed by atoms with Crippen LogP contribution < -0.4 is 0 Å². The summed E-state index contributed by atoms with van der Waals surface area (Å²) in [5, 5.41) is 0. The van der Waals surface area contributed by atoms with Crippen molar-refractivity contribution < 1.29 is 28.6 Å². The van der Waals surface area contributed by atoms with Crippen LogP contribution in [0.3, 0.4) is 0 Å². The van der Waals surface area contributed by atoms with Crippen molar-refractivity contribution >= 4 is 17.9 Å². The van der Waals surface area contributed by atoms with E-state index in [0.717, 1.165) is 109 Å². The molecule has 0 aliphatic carbocycles. The van der Waals surface area contributed by atoms with Crippen LogP contribution in [0.5, 0.6) is 0 Å². The van der Waals surface area contributed by atoms with Gasteiger partial charge in [0.2, 0.25) is 0 Å². The minimum absolute atomic E-state index is 0.121. The van der Waals surface area contributed by atoms with Crippen molar-refractivity contribution in [3.8, 4) is 0 Å². The van der Waals surface area contributed by atoms with Crippen molar-refractivity contribution in [1.82, 2.24) is 0 Å². The van der Waals surface area contributed by atoms with Gasteiger partial charge in [-0.2, -0.15) is 0 Å². The summed E-state index contributed by atoms with van der Waals surface area (Å²) in [6.45, 7) is 6.34. The standard InChI is InChI=1S/C68H110O6/c1-4-7-10-13-16-19-22-25-28-31-33-34-35-38-40-43-46-49-52-55-58-61-67(70)73-64-65(63-72-66(69)60-57-54-51-48-45-42-39-36-30-27-24-21-18-15-12-9-6-3)74-68(71)62-59-56-53-50-47-44-41-37-32-29-26-23-20-17-14-11-8-5-2/h7,9-10,12,16,18-19,21,25,27-28,30,33-34,38-40,42,46,48-49,51,65H,4-6,8,11,13-15,17,20,22-24,26,29,31-32,35-37,41,43-45,47,50,52-64H2,1-3H3/b10-7-,12-9-,19-16-,21-18-,28-25-,30-27-,34-33-,40-38-,42-39-,49-46-,51-48-. The van der Waals surface area contributed by atoms with Gasteiger partial charge < -0.3 is 14.2 Å². The summed E-state index contributed by atoms with van der Waals surface area (Å²) >= 11 is 0. The summed E-state index contributed by atoms with van der Waals surface area (Å²) in [4.78, 5) is 38.2. The fraction of sp³-hybridized carbons (Fsp3) is 0.632. The molecule has 0 rings (SSSR count). The van der Waals surface area contributed by atoms with Gasteiger partial charge in [-0.25, -0.2) is 0 Å². The Morgan fingerprint density at radius 3 is 0.878 bits per heavy atom. The van der Waals surface area contributed by atoms with Gasteiger partial charge in [-0.15, -0.1) is 0 Å². The number of unbranched alkanes of at least 4 members (excludes halogenated alkanes) is 20. The highest BCUT2D eigenvalue weighted by Gasteiger charge is 2.19. The minimum atomic E-state index is -0.823. The molecule has 0 amide bonds. The molecule has 0 bridgehead atoms. The van der Waals surface area contributed by atoms with E-state index in [4.69, 9.17) is 14.2 Å². The van der Waals surface area contributed by atoms with Crippen LogP contribution in [0, 0.1) is 0 Å². The Kier molecular flexibility index (Phi) is 57.4. The fourth-order valence-electron chi connectivity index (χ4n) is 7.95. The molecule has 0 aromatic rings. The first kappa shape index (κ1) is 69.5. The highest BCUT2D eigenvalue weighted by atomic mass is 16.6. The number of allylic oxidation sites excluding steroid dienone is 22. The number of hydrogen-bond acceptors (Lipinski definition) is 6. The molecular weight excluding hydrogens is 913 g/mol. The van der Waals surface area contributed by atoms with Gasteiger partial charge in [0.1, 0.15) is 13.2 Å². The van der Waals surface area contributed by atoms with Gasteiger partial charge in [0, 0.05) is 19.3 Å². The molecular formula is C68H110O6. The third-order valence-corrected chi connectivity index (χ3v) is 12.4. The van der Waals surface area contributed by atoms with E-state index in [0.29, 0.717) is 19.3 Å². The molecule has 0 spiro atoms. The lowest BCUT2D eigenvalue weighted by Crippen LogP contribution is -2.30. The summed E-state index contributed by atoms with van der Waals surface area (Å²) < 4.78 is 16.8. The Morgan fingerprint density at radius 1 is 0.284 bits per heavy atom. The molecule has 0 heterocycles. The molecule has 1 atom stereocenters. The number of ether oxygens (including phenoxy) is 3. The Hall–Kier alpha value is -4.45. The summed E-state index contributed by atoms with van der Waals surface area (Å²) in [5.41, 5.74) is 0. The van der Waals surface area contributed by atoms with E-state index in [9.17, 15) is 14.4 Å². The zero-order valence-electron chi connectivity index (χ0n) is 47.8. The van der Waals surface area contributed by atoms with Crippen molar-refractivity contribution in [3.63, 3.8) is 0 Å². The van der Waals surface area contributed by atoms with Crippen LogP contribution in [-0.4, -0.2) is 37.2 Å². The third-order valence-electron chi connectivity index (χ3n) is 12.4. The molecule has 0 saturated carbocycles. The second-order valence-corrected chi connectivity index (χ2v) is 19.5. The number of carbonyl (C=O) groups is 3. The molecule has 6 heteroatoms. The number of esters is 3. The van der Waals surface area contributed by atoms with E-state index in [1.54, 1.807) is 0 Å². The third kappa shape index (κ3) is 58.4. The second-order valence-electron chi connectivity index (χ2n) is 19.5. The van der Waals surface area contributed by atoms with Crippen LogP contribution in [0.1, 0.15) is 258 Å². The molecule has 0 aromatic heterocycles. The van der Waals surface area contributed by atoms with Gasteiger partial charge >= 0.3 is 17.9 Å².